The van der Waals surface area contributed by atoms with Crippen molar-refractivity contribution in [3.63, 3.8) is 0 Å². The number of β-amino-alcohol motifs (C(OH)–C–C–N with tert-alkyl or cyclic N) is 1. The first kappa shape index (κ1) is 37.7. The number of benzene rings is 3. The average molecular weight is 749 g/mol. The number of amides is 1. The summed E-state index contributed by atoms with van der Waals surface area (Å²) in [5, 5.41) is 12.3. The van der Waals surface area contributed by atoms with E-state index in [4.69, 9.17) is 0 Å². The van der Waals surface area contributed by atoms with Gasteiger partial charge in [0.25, 0.3) is 5.91 Å². The molecule has 278 valence electrons. The predicted molar refractivity (Wildman–Crippen MR) is 183 cm³/mol. The van der Waals surface area contributed by atoms with Gasteiger partial charge in [-0.1, -0.05) is 42.5 Å². The SMILES string of the molecule is CS(=O)(=O)c1ccc2nc(-c3cccc(C(F)(F)F)c3)c(CN3CCC(N4CCC[C@@H](O)C4)CC3)c(C(=O)NC(c3ccccc3)C(F)(F)F)c2c1. The van der Waals surface area contributed by atoms with Crippen molar-refractivity contribution in [1.29, 1.82) is 0 Å². The van der Waals surface area contributed by atoms with Gasteiger partial charge in [-0.25, -0.2) is 13.4 Å². The van der Waals surface area contributed by atoms with E-state index >= 15 is 0 Å². The summed E-state index contributed by atoms with van der Waals surface area (Å²) < 4.78 is 111. The van der Waals surface area contributed by atoms with Gasteiger partial charge in [-0.05, 0) is 81.2 Å². The molecule has 4 aromatic rings. The normalized spacial score (nSPS) is 19.1. The molecule has 52 heavy (non-hydrogen) atoms. The number of aromatic nitrogens is 1. The second kappa shape index (κ2) is 14.8. The molecule has 15 heteroatoms. The molecule has 0 radical (unpaired) electrons. The minimum Gasteiger partial charge on any atom is -0.392 e. The fourth-order valence-electron chi connectivity index (χ4n) is 7.19. The molecule has 2 aliphatic rings. The van der Waals surface area contributed by atoms with Crippen LogP contribution in [0.15, 0.2) is 77.7 Å². The molecule has 6 rings (SSSR count). The summed E-state index contributed by atoms with van der Waals surface area (Å²) in [4.78, 5) is 23.0. The van der Waals surface area contributed by atoms with Gasteiger partial charge in [0.2, 0.25) is 0 Å². The molecule has 2 saturated heterocycles. The van der Waals surface area contributed by atoms with Crippen LogP contribution in [0.4, 0.5) is 26.3 Å². The molecule has 2 atom stereocenters. The Labute approximate surface area is 297 Å². The van der Waals surface area contributed by atoms with Crippen LogP contribution in [0.5, 0.6) is 0 Å². The zero-order valence-corrected chi connectivity index (χ0v) is 29.0. The van der Waals surface area contributed by atoms with E-state index in [9.17, 15) is 44.7 Å². The number of pyridine rings is 1. The first-order chi connectivity index (χ1) is 24.5. The summed E-state index contributed by atoms with van der Waals surface area (Å²) in [6, 6.07) is 12.5. The molecule has 1 aromatic heterocycles. The Morgan fingerprint density at radius 3 is 2.29 bits per heavy atom. The summed E-state index contributed by atoms with van der Waals surface area (Å²) >= 11 is 0. The molecule has 2 aliphatic heterocycles. The van der Waals surface area contributed by atoms with Gasteiger partial charge < -0.3 is 10.4 Å². The molecule has 8 nitrogen and oxygen atoms in total. The average Bonchev–Trinajstić information content (AvgIpc) is 3.09. The Kier molecular flexibility index (Phi) is 10.7. The number of carbonyl (C=O) groups is 1. The van der Waals surface area contributed by atoms with Crippen molar-refractivity contribution in [3.8, 4) is 11.3 Å². The fourth-order valence-corrected chi connectivity index (χ4v) is 7.84. The summed E-state index contributed by atoms with van der Waals surface area (Å²) in [6.07, 6.45) is -6.19. The standard InChI is InChI=1S/C37H38F6N4O4S/c1-52(50,51)28-12-13-31-29(20-28)32(35(49)45-34(37(41,42)43)23-7-3-2-4-8-23)30(33(44-31)24-9-5-10-25(19-24)36(38,39)40)22-46-17-14-26(15-18-46)47-16-6-11-27(48)21-47/h2-5,7-10,12-13,19-20,26-27,34,48H,6,11,14-18,21-22H2,1H3,(H,45,49)/t27-,34?/m1/s1. The van der Waals surface area contributed by atoms with Crippen molar-refractivity contribution in [2.45, 2.75) is 67.7 Å². The largest absolute Gasteiger partial charge is 0.416 e. The second-order valence-corrected chi connectivity index (χ2v) is 15.5. The molecular weight excluding hydrogens is 710 g/mol. The van der Waals surface area contributed by atoms with Crippen LogP contribution in [0.1, 0.15) is 58.8 Å². The summed E-state index contributed by atoms with van der Waals surface area (Å²) in [5.41, 5.74) is -1.52. The maximum atomic E-state index is 14.6. The van der Waals surface area contributed by atoms with Crippen molar-refractivity contribution >= 4 is 26.6 Å². The number of sulfone groups is 1. The van der Waals surface area contributed by atoms with Crippen molar-refractivity contribution in [3.05, 3.63) is 95.1 Å². The monoisotopic (exact) mass is 748 g/mol. The predicted octanol–water partition coefficient (Wildman–Crippen LogP) is 6.78. The van der Waals surface area contributed by atoms with Crippen LogP contribution in [0, 0.1) is 0 Å². The van der Waals surface area contributed by atoms with Crippen molar-refractivity contribution < 1.29 is 44.7 Å². The van der Waals surface area contributed by atoms with E-state index in [0.29, 0.717) is 32.5 Å². The smallest absolute Gasteiger partial charge is 0.392 e. The highest BCUT2D eigenvalue weighted by Gasteiger charge is 2.43. The Hall–Kier alpha value is -4.05. The number of carbonyl (C=O) groups excluding carboxylic acids is 1. The lowest BCUT2D eigenvalue weighted by Gasteiger charge is -2.41. The lowest BCUT2D eigenvalue weighted by atomic mass is 9.93. The molecule has 1 amide bonds. The molecule has 0 saturated carbocycles. The molecule has 1 unspecified atom stereocenters. The third-order valence-corrected chi connectivity index (χ3v) is 10.9. The number of hydrogen-bond donors (Lipinski definition) is 2. The van der Waals surface area contributed by atoms with Crippen LogP contribution in [-0.4, -0.2) is 85.0 Å². The number of nitrogens with one attached hydrogen (secondary N) is 1. The minimum atomic E-state index is -4.94. The molecular formula is C37H38F6N4O4S. The maximum Gasteiger partial charge on any atom is 0.416 e. The Balaban J connectivity index is 1.51. The quantitative estimate of drug-likeness (QED) is 0.192. The van der Waals surface area contributed by atoms with Gasteiger partial charge in [0, 0.05) is 41.9 Å². The molecule has 3 heterocycles. The molecule has 0 bridgehead atoms. The molecule has 2 fully saturated rings. The lowest BCUT2D eigenvalue weighted by molar-refractivity contribution is -0.155. The Morgan fingerprint density at radius 2 is 1.65 bits per heavy atom. The van der Waals surface area contributed by atoms with E-state index in [1.807, 2.05) is 4.90 Å². The van der Waals surface area contributed by atoms with Crippen molar-refractivity contribution in [2.24, 2.45) is 0 Å². The number of aliphatic hydroxyl groups is 1. The maximum absolute atomic E-state index is 14.6. The van der Waals surface area contributed by atoms with Gasteiger partial charge in [-0.15, -0.1) is 0 Å². The van der Waals surface area contributed by atoms with Gasteiger partial charge in [-0.2, -0.15) is 26.3 Å². The summed E-state index contributed by atoms with van der Waals surface area (Å²) in [5.74, 6) is -1.19. The number of aliphatic hydroxyl groups excluding tert-OH is 1. The van der Waals surface area contributed by atoms with Gasteiger partial charge in [0.05, 0.1) is 33.3 Å². The zero-order valence-electron chi connectivity index (χ0n) is 28.2. The van der Waals surface area contributed by atoms with E-state index in [1.165, 1.54) is 60.7 Å². The third kappa shape index (κ3) is 8.43. The minimum absolute atomic E-state index is 0.0133. The van der Waals surface area contributed by atoms with Crippen LogP contribution in [0.2, 0.25) is 0 Å². The van der Waals surface area contributed by atoms with Crippen LogP contribution in [-0.2, 0) is 22.6 Å². The van der Waals surface area contributed by atoms with E-state index in [2.05, 4.69) is 15.2 Å². The highest BCUT2D eigenvalue weighted by molar-refractivity contribution is 7.90. The van der Waals surface area contributed by atoms with E-state index < -0.39 is 45.8 Å². The molecule has 0 spiro atoms. The number of alkyl halides is 6. The van der Waals surface area contributed by atoms with Crippen LogP contribution < -0.4 is 5.32 Å². The number of fused-ring (bicyclic) bond motifs is 1. The fraction of sp³-hybridized carbons (Fsp3) is 0.405. The van der Waals surface area contributed by atoms with Crippen molar-refractivity contribution in [2.75, 3.05) is 32.4 Å². The van der Waals surface area contributed by atoms with Gasteiger partial charge in [0.15, 0.2) is 15.9 Å². The number of hydrogen-bond acceptors (Lipinski definition) is 7. The van der Waals surface area contributed by atoms with E-state index in [0.717, 1.165) is 37.8 Å². The highest BCUT2D eigenvalue weighted by atomic mass is 32.2. The van der Waals surface area contributed by atoms with Crippen LogP contribution in [0.25, 0.3) is 22.2 Å². The molecule has 0 aliphatic carbocycles. The molecule has 3 aromatic carbocycles. The van der Waals surface area contributed by atoms with Gasteiger partial charge in [-0.3, -0.25) is 14.6 Å². The first-order valence-corrected chi connectivity index (χ1v) is 18.8. The number of halogens is 6. The van der Waals surface area contributed by atoms with Crippen LogP contribution in [0.3, 0.4) is 0 Å². The van der Waals surface area contributed by atoms with Gasteiger partial charge >= 0.3 is 12.4 Å². The second-order valence-electron chi connectivity index (χ2n) is 13.5. The number of piperidine rings is 2. The lowest BCUT2D eigenvalue weighted by Crippen LogP contribution is -2.49. The Bertz CT molecular complexity index is 2030. The summed E-state index contributed by atoms with van der Waals surface area (Å²) in [6.45, 7) is 2.28. The topological polar surface area (TPSA) is 103 Å². The van der Waals surface area contributed by atoms with Crippen molar-refractivity contribution in [1.82, 2.24) is 20.1 Å². The van der Waals surface area contributed by atoms with E-state index in [1.54, 1.807) is 0 Å². The van der Waals surface area contributed by atoms with E-state index in [-0.39, 0.29) is 56.3 Å². The first-order valence-electron chi connectivity index (χ1n) is 16.9. The number of likely N-dealkylation sites (tertiary alicyclic amines) is 2. The highest BCUT2D eigenvalue weighted by Crippen LogP contribution is 2.38. The Morgan fingerprint density at radius 1 is 0.942 bits per heavy atom. The molecule has 2 N–H and O–H groups in total. The summed E-state index contributed by atoms with van der Waals surface area (Å²) in [7, 11) is -3.87. The van der Waals surface area contributed by atoms with Gasteiger partial charge in [0.1, 0.15) is 0 Å². The zero-order chi connectivity index (χ0) is 37.4. The number of rotatable bonds is 8. The van der Waals surface area contributed by atoms with Crippen LogP contribution >= 0.6 is 0 Å². The number of nitrogens with zero attached hydrogens (tertiary/aromatic N) is 3. The third-order valence-electron chi connectivity index (χ3n) is 9.79.